The third kappa shape index (κ3) is 4.19. The molecule has 0 aliphatic heterocycles. The van der Waals surface area contributed by atoms with Crippen molar-refractivity contribution in [3.63, 3.8) is 0 Å². The van der Waals surface area contributed by atoms with Crippen LogP contribution in [0.15, 0.2) is 128 Å². The van der Waals surface area contributed by atoms with Crippen molar-refractivity contribution in [3.05, 3.63) is 161 Å². The van der Waals surface area contributed by atoms with Crippen molar-refractivity contribution in [2.75, 3.05) is 7.11 Å². The summed E-state index contributed by atoms with van der Waals surface area (Å²) >= 11 is 0. The lowest BCUT2D eigenvalue weighted by Crippen LogP contribution is -2.43. The first-order valence-electron chi connectivity index (χ1n) is 17.8. The van der Waals surface area contributed by atoms with E-state index in [1.54, 1.807) is 0 Å². The van der Waals surface area contributed by atoms with Gasteiger partial charge in [-0.15, -0.1) is 0 Å². The molecule has 50 heavy (non-hydrogen) atoms. The number of benzene rings is 3. The van der Waals surface area contributed by atoms with Crippen LogP contribution < -0.4 is 0 Å². The number of rotatable bonds is 9. The molecular formula is C45H39N3O2. The molecule has 0 N–H and O–H groups in total. The average molecular weight is 654 g/mol. The minimum atomic E-state index is -0.526. The maximum Gasteiger partial charge on any atom is 0.305 e. The van der Waals surface area contributed by atoms with Crippen LogP contribution in [0.25, 0.3) is 33.8 Å². The zero-order valence-corrected chi connectivity index (χ0v) is 28.5. The van der Waals surface area contributed by atoms with E-state index in [-0.39, 0.29) is 11.4 Å². The number of ether oxygens (including phenoxy) is 1. The molecule has 3 aromatic heterocycles. The fourth-order valence-corrected chi connectivity index (χ4v) is 10.2. The smallest absolute Gasteiger partial charge is 0.305 e. The Morgan fingerprint density at radius 3 is 1.34 bits per heavy atom. The molecule has 0 spiro atoms. The van der Waals surface area contributed by atoms with E-state index in [4.69, 9.17) is 19.7 Å². The van der Waals surface area contributed by atoms with Crippen LogP contribution in [-0.2, 0) is 25.8 Å². The third-order valence-electron chi connectivity index (χ3n) is 11.9. The van der Waals surface area contributed by atoms with Crippen LogP contribution in [0.2, 0.25) is 0 Å². The van der Waals surface area contributed by atoms with E-state index >= 15 is 0 Å². The summed E-state index contributed by atoms with van der Waals surface area (Å²) in [5.74, 6) is -0.200. The first-order valence-corrected chi connectivity index (χ1v) is 17.8. The minimum Gasteiger partial charge on any atom is -0.469 e. The number of hydrogen-bond acceptors (Lipinski definition) is 5. The number of aromatic nitrogens is 3. The van der Waals surface area contributed by atoms with E-state index < -0.39 is 10.8 Å². The molecule has 0 saturated carbocycles. The van der Waals surface area contributed by atoms with E-state index in [9.17, 15) is 4.79 Å². The van der Waals surface area contributed by atoms with Gasteiger partial charge in [-0.3, -0.25) is 19.7 Å². The van der Waals surface area contributed by atoms with E-state index in [1.807, 2.05) is 18.6 Å². The number of carbonyl (C=O) groups is 1. The van der Waals surface area contributed by atoms with Gasteiger partial charge in [0.25, 0.3) is 0 Å². The maximum atomic E-state index is 13.1. The zero-order chi connectivity index (χ0) is 33.9. The molecule has 9 rings (SSSR count). The third-order valence-corrected chi connectivity index (χ3v) is 11.9. The summed E-state index contributed by atoms with van der Waals surface area (Å²) in [6, 6.07) is 39.6. The molecule has 0 fully saturated rings. The lowest BCUT2D eigenvalue weighted by Gasteiger charge is -2.47. The Morgan fingerprint density at radius 2 is 0.900 bits per heavy atom. The van der Waals surface area contributed by atoms with Gasteiger partial charge in [-0.2, -0.15) is 0 Å². The first-order chi connectivity index (χ1) is 24.6. The molecule has 0 radical (unpaired) electrons. The second kappa shape index (κ2) is 11.6. The quantitative estimate of drug-likeness (QED) is 0.145. The topological polar surface area (TPSA) is 65.0 Å². The zero-order valence-electron chi connectivity index (χ0n) is 28.5. The summed E-state index contributed by atoms with van der Waals surface area (Å²) in [7, 11) is 1.49. The molecule has 5 nitrogen and oxygen atoms in total. The van der Waals surface area contributed by atoms with Gasteiger partial charge in [0.1, 0.15) is 0 Å². The van der Waals surface area contributed by atoms with Gasteiger partial charge in [-0.1, -0.05) is 104 Å². The van der Waals surface area contributed by atoms with Crippen molar-refractivity contribution in [1.29, 1.82) is 0 Å². The van der Waals surface area contributed by atoms with Gasteiger partial charge in [-0.05, 0) is 77.3 Å². The van der Waals surface area contributed by atoms with Crippen LogP contribution in [0.5, 0.6) is 0 Å². The van der Waals surface area contributed by atoms with Crippen molar-refractivity contribution in [2.24, 2.45) is 0 Å². The number of hydrogen-bond donors (Lipinski definition) is 0. The van der Waals surface area contributed by atoms with E-state index in [0.717, 1.165) is 48.3 Å². The molecule has 3 aromatic carbocycles. The summed E-state index contributed by atoms with van der Waals surface area (Å²) < 4.78 is 5.30. The predicted octanol–water partition coefficient (Wildman–Crippen LogP) is 9.60. The summed E-state index contributed by atoms with van der Waals surface area (Å²) in [6.07, 6.45) is 10.2. The van der Waals surface area contributed by atoms with E-state index in [1.165, 1.54) is 51.6 Å². The molecular weight excluding hydrogens is 615 g/mol. The Morgan fingerprint density at radius 1 is 0.520 bits per heavy atom. The second-order valence-electron chi connectivity index (χ2n) is 14.3. The number of methoxy groups -OCH3 is 1. The van der Waals surface area contributed by atoms with Crippen molar-refractivity contribution in [3.8, 4) is 33.8 Å². The number of nitrogens with zero attached hydrogens (tertiary/aromatic N) is 3. The average Bonchev–Trinajstić information content (AvgIpc) is 3.72. The molecule has 3 aliphatic rings. The molecule has 6 aromatic rings. The molecule has 3 aliphatic carbocycles. The Hall–Kier alpha value is -5.42. The van der Waals surface area contributed by atoms with Gasteiger partial charge < -0.3 is 4.74 Å². The predicted molar refractivity (Wildman–Crippen MR) is 197 cm³/mol. The number of esters is 1. The van der Waals surface area contributed by atoms with E-state index in [0.29, 0.717) is 12.8 Å². The number of pyridine rings is 3. The Labute approximate surface area is 293 Å². The number of fused-ring (bicyclic) bond motifs is 9. The van der Waals surface area contributed by atoms with Gasteiger partial charge in [0.2, 0.25) is 0 Å². The SMILES string of the molecule is CCCC1(CC2(CC3(CCC(=O)OC)c4ccccc4-c4ncccc43)c3ccccc3-c3ncccc32)c2ccccc2-c2ncccc21. The van der Waals surface area contributed by atoms with Crippen LogP contribution >= 0.6 is 0 Å². The molecule has 5 heteroatoms. The Balaban J connectivity index is 1.36. The van der Waals surface area contributed by atoms with Crippen LogP contribution in [0.3, 0.4) is 0 Å². The molecule has 3 heterocycles. The van der Waals surface area contributed by atoms with Gasteiger partial charge in [0.05, 0.1) is 24.2 Å². The lowest BCUT2D eigenvalue weighted by molar-refractivity contribution is -0.141. The van der Waals surface area contributed by atoms with Crippen LogP contribution in [0, 0.1) is 0 Å². The highest BCUT2D eigenvalue weighted by Gasteiger charge is 2.58. The molecule has 0 amide bonds. The van der Waals surface area contributed by atoms with Crippen molar-refractivity contribution in [2.45, 2.75) is 61.7 Å². The highest BCUT2D eigenvalue weighted by Crippen LogP contribution is 2.65. The normalized spacial score (nSPS) is 21.8. The summed E-state index contributed by atoms with van der Waals surface area (Å²) in [5, 5.41) is 0. The number of carbonyl (C=O) groups excluding carboxylic acids is 1. The van der Waals surface area contributed by atoms with Crippen LogP contribution in [-0.4, -0.2) is 28.0 Å². The highest BCUT2D eigenvalue weighted by molar-refractivity contribution is 5.84. The first kappa shape index (κ1) is 30.6. The van der Waals surface area contributed by atoms with Crippen molar-refractivity contribution in [1.82, 2.24) is 15.0 Å². The molecule has 3 atom stereocenters. The highest BCUT2D eigenvalue weighted by atomic mass is 16.5. The molecule has 246 valence electrons. The van der Waals surface area contributed by atoms with Gasteiger partial charge in [0, 0.05) is 57.9 Å². The maximum absolute atomic E-state index is 13.1. The second-order valence-corrected chi connectivity index (χ2v) is 14.3. The Kier molecular flexibility index (Phi) is 7.10. The standard InChI is InChI=1S/C45H39N3O2/c1-3-23-43(33-16-7-4-13-30(33)40-36(43)19-10-25-46-40)28-45(35-18-9-6-15-32(35)42-38(45)21-12-27-48-42)29-44(24-22-39(49)50-2)34-17-8-5-14-31(34)41-37(44)20-11-26-47-41/h4-21,25-27H,3,22-24,28-29H2,1-2H3. The minimum absolute atomic E-state index is 0.200. The van der Waals surface area contributed by atoms with Crippen LogP contribution in [0.1, 0.15) is 78.8 Å². The Bertz CT molecular complexity index is 2150. The summed E-state index contributed by atoms with van der Waals surface area (Å²) in [6.45, 7) is 2.30. The van der Waals surface area contributed by atoms with Gasteiger partial charge in [0.15, 0.2) is 0 Å². The van der Waals surface area contributed by atoms with Gasteiger partial charge >= 0.3 is 5.97 Å². The fraction of sp³-hybridized carbons (Fsp3) is 0.244. The van der Waals surface area contributed by atoms with Crippen molar-refractivity contribution >= 4 is 5.97 Å². The monoisotopic (exact) mass is 653 g/mol. The molecule has 0 saturated heterocycles. The molecule has 0 bridgehead atoms. The van der Waals surface area contributed by atoms with E-state index in [2.05, 4.69) is 116 Å². The summed E-state index contributed by atoms with van der Waals surface area (Å²) in [5.41, 5.74) is 13.0. The largest absolute Gasteiger partial charge is 0.469 e. The molecule has 3 unspecified atom stereocenters. The van der Waals surface area contributed by atoms with Crippen molar-refractivity contribution < 1.29 is 9.53 Å². The van der Waals surface area contributed by atoms with Crippen LogP contribution in [0.4, 0.5) is 0 Å². The fourth-order valence-electron chi connectivity index (χ4n) is 10.2. The summed E-state index contributed by atoms with van der Waals surface area (Å²) in [4.78, 5) is 28.2. The lowest BCUT2D eigenvalue weighted by atomic mass is 9.55. The van der Waals surface area contributed by atoms with Gasteiger partial charge in [-0.25, -0.2) is 0 Å².